The zero-order chi connectivity index (χ0) is 6.53. The van der Waals surface area contributed by atoms with E-state index >= 15 is 0 Å². The zero-order valence-electron chi connectivity index (χ0n) is 5.63. The maximum atomic E-state index is 2.29. The fraction of sp³-hybridized carbons (Fsp3) is 0.375. The van der Waals surface area contributed by atoms with Crippen molar-refractivity contribution >= 4 is 11.3 Å². The Balaban J connectivity index is 2.30. The summed E-state index contributed by atoms with van der Waals surface area (Å²) in [6, 6.07) is 2.18. The van der Waals surface area contributed by atoms with Gasteiger partial charge in [-0.05, 0) is 35.2 Å². The van der Waals surface area contributed by atoms with Gasteiger partial charge >= 0.3 is 0 Å². The molecule has 1 rings (SSSR count). The van der Waals surface area contributed by atoms with Gasteiger partial charge in [-0.3, -0.25) is 0 Å². The molecule has 0 aliphatic heterocycles. The third kappa shape index (κ3) is 2.19. The molecule has 0 aliphatic carbocycles. The molecule has 0 nitrogen and oxygen atoms in total. The van der Waals surface area contributed by atoms with Gasteiger partial charge in [0.2, 0.25) is 0 Å². The highest BCUT2D eigenvalue weighted by molar-refractivity contribution is 7.07. The van der Waals surface area contributed by atoms with Gasteiger partial charge in [0, 0.05) is 0 Å². The second kappa shape index (κ2) is 3.67. The minimum Gasteiger partial charge on any atom is -0.152 e. The Morgan fingerprint density at radius 1 is 1.67 bits per heavy atom. The molecule has 0 fully saturated rings. The van der Waals surface area contributed by atoms with Gasteiger partial charge in [-0.15, -0.1) is 0 Å². The molecular weight excluding hydrogens is 128 g/mol. The van der Waals surface area contributed by atoms with Gasteiger partial charge in [0.1, 0.15) is 0 Å². The van der Waals surface area contributed by atoms with Crippen LogP contribution in [0.25, 0.3) is 0 Å². The molecule has 1 aromatic heterocycles. The molecule has 1 aromatic rings. The molecule has 0 saturated heterocycles. The highest BCUT2D eigenvalue weighted by Gasteiger charge is 1.89. The molecule has 0 bridgehead atoms. The van der Waals surface area contributed by atoms with Crippen molar-refractivity contribution in [2.45, 2.75) is 19.8 Å². The van der Waals surface area contributed by atoms with Crippen LogP contribution < -0.4 is 0 Å². The van der Waals surface area contributed by atoms with E-state index in [0.29, 0.717) is 0 Å². The first-order chi connectivity index (χ1) is 4.43. The van der Waals surface area contributed by atoms with Gasteiger partial charge in [0.15, 0.2) is 0 Å². The molecule has 1 radical (unpaired) electrons. The van der Waals surface area contributed by atoms with Crippen LogP contribution in [0.15, 0.2) is 16.8 Å². The SMILES string of the molecule is CC[CH]Cc1ccsc1. The Kier molecular flexibility index (Phi) is 2.78. The lowest BCUT2D eigenvalue weighted by molar-refractivity contribution is 1.00. The summed E-state index contributed by atoms with van der Waals surface area (Å²) in [6.07, 6.45) is 4.61. The summed E-state index contributed by atoms with van der Waals surface area (Å²) in [7, 11) is 0. The van der Waals surface area contributed by atoms with Gasteiger partial charge in [0.05, 0.1) is 0 Å². The highest BCUT2D eigenvalue weighted by Crippen LogP contribution is 2.08. The molecule has 0 aliphatic rings. The van der Waals surface area contributed by atoms with Gasteiger partial charge in [-0.2, -0.15) is 11.3 Å². The molecule has 9 heavy (non-hydrogen) atoms. The number of unbranched alkanes of at least 4 members (excludes halogenated alkanes) is 1. The van der Waals surface area contributed by atoms with Crippen LogP contribution in [0.1, 0.15) is 18.9 Å². The molecule has 1 heteroatoms. The standard InChI is InChI=1S/C8H11S/c1-2-3-4-8-5-6-9-7-8/h3,5-7H,2,4H2,1H3. The first-order valence-electron chi connectivity index (χ1n) is 3.26. The van der Waals surface area contributed by atoms with Crippen LogP contribution in [0, 0.1) is 6.42 Å². The predicted octanol–water partition coefficient (Wildman–Crippen LogP) is 2.90. The summed E-state index contributed by atoms with van der Waals surface area (Å²) in [6.45, 7) is 2.17. The van der Waals surface area contributed by atoms with E-state index in [-0.39, 0.29) is 0 Å². The number of thiophene rings is 1. The van der Waals surface area contributed by atoms with Crippen LogP contribution in [0.5, 0.6) is 0 Å². The molecule has 0 spiro atoms. The van der Waals surface area contributed by atoms with Crippen LogP contribution in [0.2, 0.25) is 0 Å². The minimum absolute atomic E-state index is 1.14. The molecule has 0 aromatic carbocycles. The van der Waals surface area contributed by atoms with E-state index in [1.54, 1.807) is 11.3 Å². The number of hydrogen-bond donors (Lipinski definition) is 0. The number of rotatable bonds is 3. The lowest BCUT2D eigenvalue weighted by Crippen LogP contribution is -1.79. The van der Waals surface area contributed by atoms with E-state index in [1.165, 1.54) is 12.0 Å². The molecule has 49 valence electrons. The van der Waals surface area contributed by atoms with Crippen LogP contribution in [-0.2, 0) is 6.42 Å². The van der Waals surface area contributed by atoms with E-state index in [0.717, 1.165) is 6.42 Å². The minimum atomic E-state index is 1.14. The summed E-state index contributed by atoms with van der Waals surface area (Å²) in [4.78, 5) is 0. The molecule has 0 unspecified atom stereocenters. The summed E-state index contributed by atoms with van der Waals surface area (Å²) < 4.78 is 0. The highest BCUT2D eigenvalue weighted by atomic mass is 32.1. The van der Waals surface area contributed by atoms with E-state index in [4.69, 9.17) is 0 Å². The molecular formula is C8H11S. The Bertz CT molecular complexity index is 142. The zero-order valence-corrected chi connectivity index (χ0v) is 6.45. The molecule has 1 heterocycles. The van der Waals surface area contributed by atoms with Crippen molar-refractivity contribution in [2.24, 2.45) is 0 Å². The summed E-state index contributed by atoms with van der Waals surface area (Å²) >= 11 is 1.77. The second-order valence-corrected chi connectivity index (χ2v) is 2.81. The van der Waals surface area contributed by atoms with E-state index in [2.05, 4.69) is 30.2 Å². The average Bonchev–Trinajstić information content (AvgIpc) is 2.34. The Labute approximate surface area is 60.5 Å². The Hall–Kier alpha value is -0.300. The van der Waals surface area contributed by atoms with Crippen molar-refractivity contribution in [1.82, 2.24) is 0 Å². The molecule has 0 amide bonds. The quantitative estimate of drug-likeness (QED) is 0.604. The predicted molar refractivity (Wildman–Crippen MR) is 42.6 cm³/mol. The van der Waals surface area contributed by atoms with Gasteiger partial charge in [-0.25, -0.2) is 0 Å². The Morgan fingerprint density at radius 3 is 3.11 bits per heavy atom. The van der Waals surface area contributed by atoms with Crippen LogP contribution in [0.3, 0.4) is 0 Å². The normalized spacial score (nSPS) is 9.89. The lowest BCUT2D eigenvalue weighted by atomic mass is 10.2. The lowest BCUT2D eigenvalue weighted by Gasteiger charge is -1.90. The summed E-state index contributed by atoms with van der Waals surface area (Å²) in [5.74, 6) is 0. The van der Waals surface area contributed by atoms with Crippen molar-refractivity contribution in [3.8, 4) is 0 Å². The van der Waals surface area contributed by atoms with Crippen molar-refractivity contribution in [3.63, 3.8) is 0 Å². The topological polar surface area (TPSA) is 0 Å². The molecule has 0 saturated carbocycles. The van der Waals surface area contributed by atoms with Crippen molar-refractivity contribution in [1.29, 1.82) is 0 Å². The average molecular weight is 139 g/mol. The summed E-state index contributed by atoms with van der Waals surface area (Å²) in [5.41, 5.74) is 1.45. The van der Waals surface area contributed by atoms with Crippen molar-refractivity contribution in [3.05, 3.63) is 28.8 Å². The third-order valence-electron chi connectivity index (χ3n) is 1.25. The van der Waals surface area contributed by atoms with Gasteiger partial charge in [0.25, 0.3) is 0 Å². The van der Waals surface area contributed by atoms with E-state index in [1.807, 2.05) is 0 Å². The largest absolute Gasteiger partial charge is 0.152 e. The van der Waals surface area contributed by atoms with Crippen LogP contribution in [-0.4, -0.2) is 0 Å². The van der Waals surface area contributed by atoms with Crippen molar-refractivity contribution in [2.75, 3.05) is 0 Å². The number of hydrogen-bond acceptors (Lipinski definition) is 1. The summed E-state index contributed by atoms with van der Waals surface area (Å²) in [5, 5.41) is 4.32. The fourth-order valence-electron chi connectivity index (χ4n) is 0.720. The van der Waals surface area contributed by atoms with Gasteiger partial charge < -0.3 is 0 Å². The maximum Gasteiger partial charge on any atom is -0.00612 e. The van der Waals surface area contributed by atoms with E-state index in [9.17, 15) is 0 Å². The second-order valence-electron chi connectivity index (χ2n) is 2.03. The van der Waals surface area contributed by atoms with E-state index < -0.39 is 0 Å². The maximum absolute atomic E-state index is 2.29. The monoisotopic (exact) mass is 139 g/mol. The van der Waals surface area contributed by atoms with Crippen LogP contribution in [0.4, 0.5) is 0 Å². The molecule has 0 N–H and O–H groups in total. The van der Waals surface area contributed by atoms with Crippen LogP contribution >= 0.6 is 11.3 Å². The first kappa shape index (κ1) is 6.81. The molecule has 0 atom stereocenters. The van der Waals surface area contributed by atoms with Gasteiger partial charge in [-0.1, -0.05) is 13.3 Å². The van der Waals surface area contributed by atoms with Crippen molar-refractivity contribution < 1.29 is 0 Å². The third-order valence-corrected chi connectivity index (χ3v) is 1.98. The fourth-order valence-corrected chi connectivity index (χ4v) is 1.40. The Morgan fingerprint density at radius 2 is 2.56 bits per heavy atom. The first-order valence-corrected chi connectivity index (χ1v) is 4.20. The smallest absolute Gasteiger partial charge is 0.00612 e.